The fourth-order valence-corrected chi connectivity index (χ4v) is 4.30. The second-order valence-corrected chi connectivity index (χ2v) is 6.94. The van der Waals surface area contributed by atoms with Crippen LogP contribution in [0.4, 0.5) is 5.82 Å². The van der Waals surface area contributed by atoms with Gasteiger partial charge < -0.3 is 9.64 Å². The summed E-state index contributed by atoms with van der Waals surface area (Å²) < 4.78 is 37.7. The number of aromatic nitrogens is 3. The van der Waals surface area contributed by atoms with Gasteiger partial charge in [-0.1, -0.05) is 19.1 Å². The van der Waals surface area contributed by atoms with Crippen LogP contribution in [0.15, 0.2) is 36.5 Å². The van der Waals surface area contributed by atoms with Crippen molar-refractivity contribution in [2.75, 3.05) is 31.2 Å². The summed E-state index contributed by atoms with van der Waals surface area (Å²) in [5, 5.41) is 0. The summed E-state index contributed by atoms with van der Waals surface area (Å²) in [6.07, 6.45) is 0.797. The normalized spacial score (nSPS) is 28.5. The van der Waals surface area contributed by atoms with E-state index in [1.54, 1.807) is 0 Å². The third kappa shape index (κ3) is 2.58. The van der Waals surface area contributed by atoms with E-state index in [9.17, 15) is 0 Å². The Morgan fingerprint density at radius 3 is 2.88 bits per heavy atom. The van der Waals surface area contributed by atoms with E-state index >= 15 is 0 Å². The van der Waals surface area contributed by atoms with Crippen molar-refractivity contribution in [3.8, 4) is 0 Å². The maximum absolute atomic E-state index is 7.70. The zero-order chi connectivity index (χ0) is 20.4. The Balaban J connectivity index is 1.20. The van der Waals surface area contributed by atoms with Gasteiger partial charge in [-0.2, -0.15) is 4.98 Å². The van der Waals surface area contributed by atoms with Crippen molar-refractivity contribution in [2.24, 2.45) is 17.8 Å². The summed E-state index contributed by atoms with van der Waals surface area (Å²) >= 11 is 0. The molecule has 1 aliphatic carbocycles. The van der Waals surface area contributed by atoms with Gasteiger partial charge in [0.05, 0.1) is 13.8 Å². The standard InChI is InChI=1S/C20H24N4O/c1-2-10-25-11-8-14-15-12-23(13-16(14)15)19-7-9-24-18-6-4-3-5-17(18)21-20(24)22-19/h3-7,9,14-16H,2,8,10-13H2,1H3/t14?,15-,16+/i2D2,10D2. The van der Waals surface area contributed by atoms with Crippen molar-refractivity contribution in [1.29, 1.82) is 0 Å². The third-order valence-electron chi connectivity index (χ3n) is 5.59. The lowest BCUT2D eigenvalue weighted by molar-refractivity contribution is 0.126. The Morgan fingerprint density at radius 1 is 1.20 bits per heavy atom. The van der Waals surface area contributed by atoms with Crippen LogP contribution in [0.1, 0.15) is 25.2 Å². The van der Waals surface area contributed by atoms with Crippen molar-refractivity contribution in [3.05, 3.63) is 36.5 Å². The molecule has 3 heterocycles. The number of ether oxygens (including phenoxy) is 1. The fourth-order valence-electron chi connectivity index (χ4n) is 4.30. The lowest BCUT2D eigenvalue weighted by Gasteiger charge is -2.20. The molecule has 0 N–H and O–H groups in total. The SMILES string of the molecule is [2H]C([2H])(C)C([2H])([2H])OCCC1[C@H]2CN(c3ccn4c(n3)nc3ccccc34)C[C@@H]12. The molecule has 5 nitrogen and oxygen atoms in total. The van der Waals surface area contributed by atoms with Crippen LogP contribution >= 0.6 is 0 Å². The molecule has 0 spiro atoms. The van der Waals surface area contributed by atoms with Crippen molar-refractivity contribution < 1.29 is 10.2 Å². The molecule has 1 unspecified atom stereocenters. The molecule has 2 fully saturated rings. The van der Waals surface area contributed by atoms with Crippen LogP contribution < -0.4 is 4.90 Å². The molecule has 5 rings (SSSR count). The molecule has 3 atom stereocenters. The average Bonchev–Trinajstić information content (AvgIpc) is 3.03. The first-order valence-corrected chi connectivity index (χ1v) is 8.87. The number of fused-ring (bicyclic) bond motifs is 4. The maximum Gasteiger partial charge on any atom is 0.236 e. The van der Waals surface area contributed by atoms with Gasteiger partial charge in [0.2, 0.25) is 5.78 Å². The van der Waals surface area contributed by atoms with Gasteiger partial charge in [0.25, 0.3) is 0 Å². The van der Waals surface area contributed by atoms with E-state index in [0.29, 0.717) is 23.5 Å². The minimum absolute atomic E-state index is 0.253. The lowest BCUT2D eigenvalue weighted by atomic mass is 10.2. The van der Waals surface area contributed by atoms with Crippen LogP contribution in [0, 0.1) is 17.8 Å². The Hall–Kier alpha value is -2.14. The van der Waals surface area contributed by atoms with E-state index in [0.717, 1.165) is 36.4 Å². The van der Waals surface area contributed by atoms with Gasteiger partial charge in [-0.15, -0.1) is 0 Å². The first-order valence-electron chi connectivity index (χ1n) is 10.9. The summed E-state index contributed by atoms with van der Waals surface area (Å²) in [5.74, 6) is 3.36. The van der Waals surface area contributed by atoms with Gasteiger partial charge in [0, 0.05) is 35.2 Å². The summed E-state index contributed by atoms with van der Waals surface area (Å²) in [7, 11) is 0. The highest BCUT2D eigenvalue weighted by molar-refractivity contribution is 5.79. The third-order valence-corrected chi connectivity index (χ3v) is 5.59. The van der Waals surface area contributed by atoms with Gasteiger partial charge in [-0.3, -0.25) is 4.40 Å². The Morgan fingerprint density at radius 2 is 2.04 bits per heavy atom. The number of rotatable bonds is 6. The van der Waals surface area contributed by atoms with Gasteiger partial charge in [0.1, 0.15) is 5.82 Å². The molecule has 25 heavy (non-hydrogen) atoms. The summed E-state index contributed by atoms with van der Waals surface area (Å²) in [4.78, 5) is 11.7. The van der Waals surface area contributed by atoms with Crippen molar-refractivity contribution >= 4 is 22.6 Å². The van der Waals surface area contributed by atoms with Gasteiger partial charge >= 0.3 is 0 Å². The smallest absolute Gasteiger partial charge is 0.236 e. The number of nitrogens with zero attached hydrogens (tertiary/aromatic N) is 4. The number of benzene rings is 1. The number of piperidine rings is 1. The topological polar surface area (TPSA) is 42.7 Å². The molecule has 2 aromatic heterocycles. The van der Waals surface area contributed by atoms with Gasteiger partial charge in [-0.05, 0) is 48.7 Å². The predicted octanol–water partition coefficient (Wildman–Crippen LogP) is 3.38. The zero-order valence-electron chi connectivity index (χ0n) is 18.2. The van der Waals surface area contributed by atoms with E-state index in [1.165, 1.54) is 6.92 Å². The molecular formula is C20H24N4O. The van der Waals surface area contributed by atoms with Crippen LogP contribution in [0.2, 0.25) is 0 Å². The fraction of sp³-hybridized carbons (Fsp3) is 0.500. The van der Waals surface area contributed by atoms with E-state index in [4.69, 9.17) is 15.2 Å². The van der Waals surface area contributed by atoms with Crippen molar-refractivity contribution in [2.45, 2.75) is 19.7 Å². The number of anilines is 1. The van der Waals surface area contributed by atoms with Crippen molar-refractivity contribution in [1.82, 2.24) is 14.4 Å². The van der Waals surface area contributed by atoms with E-state index in [-0.39, 0.29) is 6.61 Å². The van der Waals surface area contributed by atoms with Crippen LogP contribution in [0.5, 0.6) is 0 Å². The lowest BCUT2D eigenvalue weighted by Crippen LogP contribution is -2.25. The largest absolute Gasteiger partial charge is 0.381 e. The molecule has 0 bridgehead atoms. The van der Waals surface area contributed by atoms with E-state index in [1.807, 2.05) is 40.9 Å². The minimum atomic E-state index is -2.25. The highest BCUT2D eigenvalue weighted by atomic mass is 16.5. The number of para-hydroxylation sites is 2. The number of hydrogen-bond acceptors (Lipinski definition) is 4. The molecule has 0 amide bonds. The molecule has 5 heteroatoms. The molecule has 1 saturated heterocycles. The molecule has 1 aliphatic heterocycles. The molecule has 2 aliphatic rings. The first kappa shape index (κ1) is 11.5. The average molecular weight is 340 g/mol. The molecule has 3 aromatic rings. The summed E-state index contributed by atoms with van der Waals surface area (Å²) in [6.45, 7) is 1.10. The van der Waals surface area contributed by atoms with Crippen LogP contribution in [0.25, 0.3) is 16.8 Å². The van der Waals surface area contributed by atoms with Crippen molar-refractivity contribution in [3.63, 3.8) is 0 Å². The first-order chi connectivity index (χ1) is 13.7. The Bertz CT molecular complexity index is 1050. The van der Waals surface area contributed by atoms with Gasteiger partial charge in [0.15, 0.2) is 0 Å². The number of hydrogen-bond donors (Lipinski definition) is 0. The van der Waals surface area contributed by atoms with E-state index < -0.39 is 12.9 Å². The molecule has 0 radical (unpaired) electrons. The zero-order valence-corrected chi connectivity index (χ0v) is 14.2. The molecule has 1 saturated carbocycles. The predicted molar refractivity (Wildman–Crippen MR) is 98.9 cm³/mol. The second-order valence-electron chi connectivity index (χ2n) is 6.94. The maximum atomic E-state index is 7.70. The van der Waals surface area contributed by atoms with Gasteiger partial charge in [-0.25, -0.2) is 4.98 Å². The van der Waals surface area contributed by atoms with Crippen LogP contribution in [0.3, 0.4) is 0 Å². The second kappa shape index (κ2) is 5.99. The highest BCUT2D eigenvalue weighted by Crippen LogP contribution is 2.54. The molecule has 1 aromatic carbocycles. The summed E-state index contributed by atoms with van der Waals surface area (Å²) in [5.41, 5.74) is 2.00. The minimum Gasteiger partial charge on any atom is -0.381 e. The highest BCUT2D eigenvalue weighted by Gasteiger charge is 2.55. The van der Waals surface area contributed by atoms with E-state index in [2.05, 4.69) is 9.88 Å². The Kier molecular flexibility index (Phi) is 2.75. The monoisotopic (exact) mass is 340 g/mol. The molecule has 130 valence electrons. The Labute approximate surface area is 153 Å². The van der Waals surface area contributed by atoms with Crippen LogP contribution in [-0.2, 0) is 4.74 Å². The molecular weight excluding hydrogens is 312 g/mol. The van der Waals surface area contributed by atoms with Crippen LogP contribution in [-0.4, -0.2) is 40.6 Å². The number of imidazole rings is 1. The summed E-state index contributed by atoms with van der Waals surface area (Å²) in [6, 6.07) is 10.1. The quantitative estimate of drug-likeness (QED) is 0.690.